The maximum absolute atomic E-state index is 13.8. The van der Waals surface area contributed by atoms with Crippen molar-refractivity contribution in [3.8, 4) is 0 Å². The molecular weight excluding hydrogens is 421 g/mol. The van der Waals surface area contributed by atoms with E-state index in [2.05, 4.69) is 33.7 Å². The van der Waals surface area contributed by atoms with Crippen LogP contribution in [-0.2, 0) is 16.0 Å². The van der Waals surface area contributed by atoms with E-state index in [9.17, 15) is 14.0 Å². The van der Waals surface area contributed by atoms with Crippen LogP contribution in [0.5, 0.6) is 0 Å². The number of aryl methyl sites for hydroxylation is 1. The van der Waals surface area contributed by atoms with Crippen LogP contribution in [0.25, 0.3) is 0 Å². The molecule has 2 aromatic carbocycles. The van der Waals surface area contributed by atoms with Crippen molar-refractivity contribution in [2.45, 2.75) is 50.4 Å². The SMILES string of the molecule is O=C(NCCCc1ccccc1)C1CCC2C(=O)NC3C(c4cccc(F)c4)NNN3C2C1. The average molecular weight is 452 g/mol. The van der Waals surface area contributed by atoms with Crippen LogP contribution in [0.1, 0.15) is 42.9 Å². The molecule has 2 saturated heterocycles. The first kappa shape index (κ1) is 22.0. The molecule has 2 amide bonds. The summed E-state index contributed by atoms with van der Waals surface area (Å²) in [7, 11) is 0. The van der Waals surface area contributed by atoms with Crippen LogP contribution in [-0.4, -0.2) is 35.6 Å². The Bertz CT molecular complexity index is 1000. The zero-order valence-electron chi connectivity index (χ0n) is 18.5. The van der Waals surface area contributed by atoms with Gasteiger partial charge in [-0.25, -0.2) is 14.8 Å². The first-order valence-electron chi connectivity index (χ1n) is 11.8. The summed E-state index contributed by atoms with van der Waals surface area (Å²) >= 11 is 0. The number of hydrogen-bond donors (Lipinski definition) is 4. The molecule has 0 bridgehead atoms. The van der Waals surface area contributed by atoms with E-state index in [-0.39, 0.29) is 47.7 Å². The highest BCUT2D eigenvalue weighted by Gasteiger charge is 2.51. The second-order valence-corrected chi connectivity index (χ2v) is 9.21. The highest BCUT2D eigenvalue weighted by atomic mass is 19.1. The van der Waals surface area contributed by atoms with Gasteiger partial charge in [0, 0.05) is 18.5 Å². The van der Waals surface area contributed by atoms with Crippen LogP contribution in [0.4, 0.5) is 4.39 Å². The fourth-order valence-electron chi connectivity index (χ4n) is 5.40. The number of nitrogens with zero attached hydrogens (tertiary/aromatic N) is 1. The Morgan fingerprint density at radius 2 is 1.97 bits per heavy atom. The second kappa shape index (κ2) is 9.59. The Labute approximate surface area is 193 Å². The molecule has 5 rings (SSSR count). The molecule has 3 fully saturated rings. The number of halogens is 1. The van der Waals surface area contributed by atoms with Gasteiger partial charge in [0.05, 0.1) is 12.0 Å². The summed E-state index contributed by atoms with van der Waals surface area (Å²) in [4.78, 5) is 25.7. The lowest BCUT2D eigenvalue weighted by molar-refractivity contribution is -0.143. The summed E-state index contributed by atoms with van der Waals surface area (Å²) in [5.41, 5.74) is 8.41. The average Bonchev–Trinajstić information content (AvgIpc) is 3.26. The molecule has 1 aliphatic carbocycles. The van der Waals surface area contributed by atoms with Crippen molar-refractivity contribution in [3.05, 3.63) is 71.5 Å². The van der Waals surface area contributed by atoms with Crippen molar-refractivity contribution < 1.29 is 14.0 Å². The van der Waals surface area contributed by atoms with Gasteiger partial charge in [0.15, 0.2) is 0 Å². The van der Waals surface area contributed by atoms with Gasteiger partial charge >= 0.3 is 0 Å². The highest BCUT2D eigenvalue weighted by molar-refractivity contribution is 5.83. The molecule has 5 unspecified atom stereocenters. The Balaban J connectivity index is 1.19. The van der Waals surface area contributed by atoms with E-state index in [1.807, 2.05) is 29.3 Å². The van der Waals surface area contributed by atoms with E-state index in [4.69, 9.17) is 0 Å². The quantitative estimate of drug-likeness (QED) is 0.506. The van der Waals surface area contributed by atoms with E-state index in [1.165, 1.54) is 17.7 Å². The molecule has 0 spiro atoms. The van der Waals surface area contributed by atoms with E-state index in [1.54, 1.807) is 6.07 Å². The van der Waals surface area contributed by atoms with Crippen molar-refractivity contribution in [1.82, 2.24) is 26.6 Å². The van der Waals surface area contributed by atoms with Gasteiger partial charge in [-0.2, -0.15) is 5.53 Å². The molecule has 3 aliphatic rings. The van der Waals surface area contributed by atoms with Crippen molar-refractivity contribution in [2.75, 3.05) is 6.54 Å². The number of fused-ring (bicyclic) bond motifs is 3. The zero-order chi connectivity index (χ0) is 22.8. The largest absolute Gasteiger partial charge is 0.356 e. The standard InChI is InChI=1S/C25H30FN5O2/c26-19-10-4-9-17(14-19)22-23-28-25(33)20-12-11-18(15-21(20)31(23)30-29-22)24(32)27-13-5-8-16-6-2-1-3-7-16/h1-4,6-7,9-10,14,18,20-23,29-30H,5,8,11-13,15H2,(H,27,32)(H,28,33). The van der Waals surface area contributed by atoms with E-state index in [0.29, 0.717) is 25.8 Å². The minimum atomic E-state index is -0.340. The van der Waals surface area contributed by atoms with Crippen molar-refractivity contribution in [2.24, 2.45) is 11.8 Å². The van der Waals surface area contributed by atoms with Crippen molar-refractivity contribution >= 4 is 11.8 Å². The maximum Gasteiger partial charge on any atom is 0.226 e. The fourth-order valence-corrected chi connectivity index (χ4v) is 5.40. The molecule has 2 heterocycles. The summed E-state index contributed by atoms with van der Waals surface area (Å²) in [5.74, 6) is -0.518. The van der Waals surface area contributed by atoms with Crippen molar-refractivity contribution in [1.29, 1.82) is 0 Å². The van der Waals surface area contributed by atoms with Gasteiger partial charge in [0.1, 0.15) is 12.0 Å². The Hall–Kier alpha value is -2.81. The van der Waals surface area contributed by atoms with Gasteiger partial charge in [0.2, 0.25) is 11.8 Å². The van der Waals surface area contributed by atoms with Crippen LogP contribution in [0.2, 0.25) is 0 Å². The van der Waals surface area contributed by atoms with Gasteiger partial charge in [-0.3, -0.25) is 9.59 Å². The molecule has 1 saturated carbocycles. The Morgan fingerprint density at radius 3 is 2.79 bits per heavy atom. The number of benzene rings is 2. The van der Waals surface area contributed by atoms with Gasteiger partial charge in [-0.15, -0.1) is 0 Å². The number of rotatable bonds is 6. The number of carbonyl (C=O) groups is 2. The van der Waals surface area contributed by atoms with Crippen LogP contribution in [0, 0.1) is 17.7 Å². The molecule has 2 aromatic rings. The fraction of sp³-hybridized carbons (Fsp3) is 0.440. The van der Waals surface area contributed by atoms with Crippen LogP contribution < -0.4 is 21.6 Å². The van der Waals surface area contributed by atoms with Crippen LogP contribution in [0.3, 0.4) is 0 Å². The molecule has 4 N–H and O–H groups in total. The number of hydrazine groups is 2. The van der Waals surface area contributed by atoms with Gasteiger partial charge in [-0.05, 0) is 55.4 Å². The summed E-state index contributed by atoms with van der Waals surface area (Å²) in [6.07, 6.45) is 3.49. The second-order valence-electron chi connectivity index (χ2n) is 9.21. The van der Waals surface area contributed by atoms with E-state index >= 15 is 0 Å². The molecule has 7 nitrogen and oxygen atoms in total. The number of hydrogen-bond acceptors (Lipinski definition) is 5. The first-order valence-corrected chi connectivity index (χ1v) is 11.8. The monoisotopic (exact) mass is 451 g/mol. The molecule has 8 heteroatoms. The zero-order valence-corrected chi connectivity index (χ0v) is 18.5. The van der Waals surface area contributed by atoms with Crippen LogP contribution in [0.15, 0.2) is 54.6 Å². The lowest BCUT2D eigenvalue weighted by Gasteiger charge is -2.46. The molecule has 5 atom stereocenters. The smallest absolute Gasteiger partial charge is 0.226 e. The third kappa shape index (κ3) is 4.64. The molecule has 0 aromatic heterocycles. The molecule has 2 aliphatic heterocycles. The molecule has 0 radical (unpaired) electrons. The lowest BCUT2D eigenvalue weighted by atomic mass is 9.75. The van der Waals surface area contributed by atoms with Gasteiger partial charge in [0.25, 0.3) is 0 Å². The summed E-state index contributed by atoms with van der Waals surface area (Å²) in [5, 5.41) is 8.19. The Kier molecular flexibility index (Phi) is 6.39. The minimum Gasteiger partial charge on any atom is -0.356 e. The highest BCUT2D eigenvalue weighted by Crippen LogP contribution is 2.38. The summed E-state index contributed by atoms with van der Waals surface area (Å²) < 4.78 is 13.8. The normalized spacial score (nSPS) is 29.1. The lowest BCUT2D eigenvalue weighted by Crippen LogP contribution is -2.65. The summed E-state index contributed by atoms with van der Waals surface area (Å²) in [6.45, 7) is 0.645. The molecule has 174 valence electrons. The van der Waals surface area contributed by atoms with Crippen LogP contribution >= 0.6 is 0 Å². The Morgan fingerprint density at radius 1 is 1.12 bits per heavy atom. The topological polar surface area (TPSA) is 85.5 Å². The number of carbonyl (C=O) groups excluding carboxylic acids is 2. The minimum absolute atomic E-state index is 0.00914. The number of amides is 2. The molecular formula is C25H30FN5O2. The maximum atomic E-state index is 13.8. The third-order valence-electron chi connectivity index (χ3n) is 7.13. The first-order chi connectivity index (χ1) is 16.1. The predicted molar refractivity (Wildman–Crippen MR) is 122 cm³/mol. The van der Waals surface area contributed by atoms with Gasteiger partial charge in [-0.1, -0.05) is 42.5 Å². The predicted octanol–water partition coefficient (Wildman–Crippen LogP) is 2.18. The molecule has 33 heavy (non-hydrogen) atoms. The van der Waals surface area contributed by atoms with Crippen molar-refractivity contribution in [3.63, 3.8) is 0 Å². The van der Waals surface area contributed by atoms with Gasteiger partial charge < -0.3 is 10.6 Å². The van der Waals surface area contributed by atoms with E-state index in [0.717, 1.165) is 18.4 Å². The third-order valence-corrected chi connectivity index (χ3v) is 7.13. The van der Waals surface area contributed by atoms with E-state index < -0.39 is 0 Å². The number of nitrogens with one attached hydrogen (secondary N) is 4. The summed E-state index contributed by atoms with van der Waals surface area (Å²) in [6, 6.07) is 16.3.